The van der Waals surface area contributed by atoms with E-state index >= 15 is 0 Å². The largest absolute Gasteiger partial charge is 0.496 e. The van der Waals surface area contributed by atoms with Crippen molar-refractivity contribution in [2.45, 2.75) is 95.6 Å². The smallest absolute Gasteiger partial charge is 0.324 e. The van der Waals surface area contributed by atoms with Crippen molar-refractivity contribution in [3.05, 3.63) is 101 Å². The number of nitrogens with zero attached hydrogens (tertiary/aromatic N) is 1. The summed E-state index contributed by atoms with van der Waals surface area (Å²) in [6.07, 6.45) is 4.11. The third-order valence-electron chi connectivity index (χ3n) is 9.34. The average molecular weight is 704 g/mol. The van der Waals surface area contributed by atoms with E-state index in [1.165, 1.54) is 5.56 Å². The van der Waals surface area contributed by atoms with E-state index < -0.39 is 27.4 Å². The normalized spacial score (nSPS) is 20.4. The Labute approximate surface area is 300 Å². The van der Waals surface area contributed by atoms with E-state index in [1.807, 2.05) is 89.2 Å². The molecule has 2 aliphatic rings. The lowest BCUT2D eigenvalue weighted by molar-refractivity contribution is -0.158. The SMILES string of the molecule is CC(C)[C@@H](NS(=O)[C@@]1(c2ccccc2)CC[C@H](C)c2ccccc21)C(=O)OC(C)(C)C.COc1ccccc1C(=O)NC1CCN(C=O)CC1. The van der Waals surface area contributed by atoms with Crippen LogP contribution < -0.4 is 14.8 Å². The van der Waals surface area contributed by atoms with Gasteiger partial charge in [-0.1, -0.05) is 87.5 Å². The molecule has 0 bridgehead atoms. The number of nitrogens with one attached hydrogen (secondary N) is 2. The fourth-order valence-electron chi connectivity index (χ4n) is 6.59. The van der Waals surface area contributed by atoms with E-state index in [9.17, 15) is 18.6 Å². The zero-order valence-electron chi connectivity index (χ0n) is 30.4. The number of amides is 2. The number of carbonyl (C=O) groups excluding carboxylic acids is 3. The second-order valence-electron chi connectivity index (χ2n) is 14.5. The van der Waals surface area contributed by atoms with Crippen LogP contribution in [0.25, 0.3) is 0 Å². The fourth-order valence-corrected chi connectivity index (χ4v) is 8.43. The van der Waals surface area contributed by atoms with Crippen molar-refractivity contribution < 1.29 is 28.1 Å². The second-order valence-corrected chi connectivity index (χ2v) is 15.9. The first-order valence-corrected chi connectivity index (χ1v) is 18.6. The Kier molecular flexibility index (Phi) is 13.4. The van der Waals surface area contributed by atoms with Gasteiger partial charge in [-0.05, 0) is 87.1 Å². The van der Waals surface area contributed by atoms with Crippen LogP contribution in [-0.4, -0.2) is 65.3 Å². The van der Waals surface area contributed by atoms with Gasteiger partial charge in [-0.2, -0.15) is 0 Å². The molecule has 0 radical (unpaired) electrons. The van der Waals surface area contributed by atoms with Gasteiger partial charge in [0, 0.05) is 19.1 Å². The Bertz CT molecular complexity index is 1620. The molecule has 5 rings (SSSR count). The van der Waals surface area contributed by atoms with Crippen molar-refractivity contribution in [3.63, 3.8) is 0 Å². The number of methoxy groups -OCH3 is 1. The summed E-state index contributed by atoms with van der Waals surface area (Å²) < 4.78 is 27.5. The van der Waals surface area contributed by atoms with Crippen LogP contribution in [0.5, 0.6) is 5.75 Å². The molecule has 3 aromatic carbocycles. The summed E-state index contributed by atoms with van der Waals surface area (Å²) in [5.74, 6) is 0.421. The van der Waals surface area contributed by atoms with Crippen molar-refractivity contribution >= 4 is 29.3 Å². The number of piperidine rings is 1. The first kappa shape index (κ1) is 38.8. The highest BCUT2D eigenvalue weighted by Crippen LogP contribution is 2.48. The minimum Gasteiger partial charge on any atom is -0.496 e. The van der Waals surface area contributed by atoms with Gasteiger partial charge < -0.3 is 19.7 Å². The Morgan fingerprint density at radius 1 is 0.940 bits per heavy atom. The quantitative estimate of drug-likeness (QED) is 0.184. The van der Waals surface area contributed by atoms with E-state index in [4.69, 9.17) is 9.47 Å². The number of hydrogen-bond donors (Lipinski definition) is 2. The lowest BCUT2D eigenvalue weighted by Gasteiger charge is -2.42. The summed E-state index contributed by atoms with van der Waals surface area (Å²) in [6, 6.07) is 25.0. The van der Waals surface area contributed by atoms with Crippen molar-refractivity contribution in [3.8, 4) is 5.75 Å². The molecule has 0 aromatic heterocycles. The number of likely N-dealkylation sites (tertiary alicyclic amines) is 1. The third kappa shape index (κ3) is 9.40. The molecule has 270 valence electrons. The van der Waals surface area contributed by atoms with Crippen molar-refractivity contribution in [2.75, 3.05) is 20.2 Å². The van der Waals surface area contributed by atoms with E-state index in [0.717, 1.165) is 43.2 Å². The summed E-state index contributed by atoms with van der Waals surface area (Å²) in [5.41, 5.74) is 3.26. The number of ether oxygens (including phenoxy) is 2. The topological polar surface area (TPSA) is 114 Å². The molecule has 1 heterocycles. The molecule has 0 saturated carbocycles. The van der Waals surface area contributed by atoms with Gasteiger partial charge in [-0.25, -0.2) is 8.93 Å². The molecule has 50 heavy (non-hydrogen) atoms. The van der Waals surface area contributed by atoms with Gasteiger partial charge in [0.15, 0.2) is 0 Å². The van der Waals surface area contributed by atoms with Gasteiger partial charge in [0.05, 0.1) is 12.7 Å². The molecule has 2 N–H and O–H groups in total. The molecule has 2 amide bonds. The number of esters is 1. The average Bonchev–Trinajstić information content (AvgIpc) is 3.11. The van der Waals surface area contributed by atoms with Crippen LogP contribution in [0.1, 0.15) is 100 Å². The van der Waals surface area contributed by atoms with E-state index in [2.05, 4.69) is 29.1 Å². The summed E-state index contributed by atoms with van der Waals surface area (Å²) >= 11 is 0. The molecular formula is C40H53N3O6S. The third-order valence-corrected chi connectivity index (χ3v) is 11.1. The number of rotatable bonds is 10. The summed E-state index contributed by atoms with van der Waals surface area (Å²) in [6.45, 7) is 13.1. The maximum absolute atomic E-state index is 14.2. The lowest BCUT2D eigenvalue weighted by Crippen LogP contribution is -2.51. The van der Waals surface area contributed by atoms with E-state index in [1.54, 1.807) is 24.1 Å². The molecule has 10 heteroatoms. The van der Waals surface area contributed by atoms with Crippen molar-refractivity contribution in [2.24, 2.45) is 5.92 Å². The summed E-state index contributed by atoms with van der Waals surface area (Å²) in [5, 5.41) is 2.99. The number of hydrogen-bond acceptors (Lipinski definition) is 6. The highest BCUT2D eigenvalue weighted by atomic mass is 32.2. The standard InChI is InChI=1S/C26H35NO3S.C14H18N2O3/c1-18(2)23(24(28)30-25(4,5)6)27-31(29)26(20-12-8-7-9-13-20)17-16-19(3)21-14-10-11-15-22(21)26;1-19-13-5-3-2-4-12(13)14(18)15-11-6-8-16(10-17)9-7-11/h7-15,18-19,23,27H,16-17H2,1-6H3;2-5,10-11H,6-9H2,1H3,(H,15,18)/t19-,23+,26+,31?;/m0./s1. The van der Waals surface area contributed by atoms with Crippen LogP contribution in [0.3, 0.4) is 0 Å². The summed E-state index contributed by atoms with van der Waals surface area (Å²) in [4.78, 5) is 37.5. The first-order chi connectivity index (χ1) is 23.8. The molecular weight excluding hydrogens is 651 g/mol. The zero-order chi connectivity index (χ0) is 36.5. The highest BCUT2D eigenvalue weighted by molar-refractivity contribution is 7.84. The van der Waals surface area contributed by atoms with Gasteiger partial charge in [0.25, 0.3) is 5.91 Å². The number of benzene rings is 3. The molecule has 1 unspecified atom stereocenters. The van der Waals surface area contributed by atoms with Crippen molar-refractivity contribution in [1.29, 1.82) is 0 Å². The van der Waals surface area contributed by atoms with Crippen molar-refractivity contribution in [1.82, 2.24) is 14.9 Å². The van der Waals surface area contributed by atoms with E-state index in [-0.39, 0.29) is 23.8 Å². The van der Waals surface area contributed by atoms with Gasteiger partial charge >= 0.3 is 5.97 Å². The molecule has 1 aliphatic carbocycles. The minimum atomic E-state index is -1.54. The predicted octanol–water partition coefficient (Wildman–Crippen LogP) is 6.49. The molecule has 1 fully saturated rings. The lowest BCUT2D eigenvalue weighted by atomic mass is 9.74. The number of fused-ring (bicyclic) bond motifs is 1. The van der Waals surface area contributed by atoms with Crippen LogP contribution in [0.2, 0.25) is 0 Å². The van der Waals surface area contributed by atoms with Crippen LogP contribution in [-0.2, 0) is 30.1 Å². The Morgan fingerprint density at radius 2 is 1.56 bits per heavy atom. The van der Waals surface area contributed by atoms with Gasteiger partial charge in [-0.3, -0.25) is 14.4 Å². The Morgan fingerprint density at radius 3 is 2.18 bits per heavy atom. The molecule has 1 aliphatic heterocycles. The molecule has 9 nitrogen and oxygen atoms in total. The number of carbonyl (C=O) groups is 3. The van der Waals surface area contributed by atoms with Gasteiger partial charge in [-0.15, -0.1) is 0 Å². The van der Waals surface area contributed by atoms with Gasteiger partial charge in [0.1, 0.15) is 33.1 Å². The van der Waals surface area contributed by atoms with Crippen LogP contribution in [0, 0.1) is 5.92 Å². The zero-order valence-corrected chi connectivity index (χ0v) is 31.3. The highest BCUT2D eigenvalue weighted by Gasteiger charge is 2.47. The van der Waals surface area contributed by atoms with Gasteiger partial charge in [0.2, 0.25) is 6.41 Å². The Hall–Kier alpha value is -4.02. The van der Waals surface area contributed by atoms with Crippen LogP contribution in [0.4, 0.5) is 0 Å². The molecule has 0 spiro atoms. The Balaban J connectivity index is 0.000000252. The number of para-hydroxylation sites is 1. The maximum atomic E-state index is 14.2. The van der Waals surface area contributed by atoms with E-state index in [0.29, 0.717) is 30.3 Å². The van der Waals surface area contributed by atoms with Crippen LogP contribution >= 0.6 is 0 Å². The monoisotopic (exact) mass is 703 g/mol. The second kappa shape index (κ2) is 17.3. The maximum Gasteiger partial charge on any atom is 0.324 e. The molecule has 1 saturated heterocycles. The van der Waals surface area contributed by atoms with Crippen LogP contribution in [0.15, 0.2) is 78.9 Å². The molecule has 4 atom stereocenters. The fraction of sp³-hybridized carbons (Fsp3) is 0.475. The first-order valence-electron chi connectivity index (χ1n) is 17.5. The predicted molar refractivity (Wildman–Crippen MR) is 198 cm³/mol. The minimum absolute atomic E-state index is 0.0654. The summed E-state index contributed by atoms with van der Waals surface area (Å²) in [7, 11) is 0.00746. The molecule has 3 aromatic rings.